The quantitative estimate of drug-likeness (QED) is 0.836. The van der Waals surface area contributed by atoms with Gasteiger partial charge in [0, 0.05) is 12.0 Å². The summed E-state index contributed by atoms with van der Waals surface area (Å²) in [5.41, 5.74) is 4.90. The topological polar surface area (TPSA) is 35.2 Å². The molecule has 0 bridgehead atoms. The molecule has 6 heteroatoms. The van der Waals surface area contributed by atoms with Gasteiger partial charge in [0.15, 0.2) is 0 Å². The van der Waals surface area contributed by atoms with Crippen LogP contribution in [0.3, 0.4) is 0 Å². The van der Waals surface area contributed by atoms with Crippen LogP contribution in [0.5, 0.6) is 5.75 Å². The van der Waals surface area contributed by atoms with Gasteiger partial charge < -0.3 is 10.5 Å². The maximum Gasteiger partial charge on any atom is 0.416 e. The minimum absolute atomic E-state index is 0.0857. The molecular formula is C10H10F3NOS. The van der Waals surface area contributed by atoms with E-state index in [1.54, 1.807) is 0 Å². The minimum Gasteiger partial charge on any atom is -0.496 e. The molecule has 0 unspecified atom stereocenters. The number of nitrogens with two attached hydrogens (primary N) is 1. The van der Waals surface area contributed by atoms with Crippen LogP contribution in [0.25, 0.3) is 0 Å². The third-order valence-electron chi connectivity index (χ3n) is 1.97. The summed E-state index contributed by atoms with van der Waals surface area (Å²) in [6, 6.07) is 3.22. The van der Waals surface area contributed by atoms with Gasteiger partial charge in [-0.2, -0.15) is 13.2 Å². The lowest BCUT2D eigenvalue weighted by Crippen LogP contribution is -2.13. The molecule has 1 aromatic rings. The van der Waals surface area contributed by atoms with Gasteiger partial charge in [0.2, 0.25) is 0 Å². The van der Waals surface area contributed by atoms with E-state index >= 15 is 0 Å². The standard InChI is InChI=1S/C10H10F3NOS/c1-15-8-3-2-7(10(11,12)13)4-6(8)5-9(14)16/h2-4H,5H2,1H3,(H2,14,16). The SMILES string of the molecule is COc1ccc(C(F)(F)F)cc1CC(N)=S. The summed E-state index contributed by atoms with van der Waals surface area (Å²) in [5, 5.41) is 0. The average molecular weight is 249 g/mol. The van der Waals surface area contributed by atoms with E-state index in [-0.39, 0.29) is 11.4 Å². The second-order valence-corrected chi connectivity index (χ2v) is 3.69. The largest absolute Gasteiger partial charge is 0.496 e. The van der Waals surface area contributed by atoms with E-state index in [1.165, 1.54) is 13.2 Å². The summed E-state index contributed by atoms with van der Waals surface area (Å²) in [7, 11) is 1.38. The van der Waals surface area contributed by atoms with Gasteiger partial charge in [-0.1, -0.05) is 12.2 Å². The number of hydrogen-bond acceptors (Lipinski definition) is 2. The molecule has 0 aliphatic rings. The van der Waals surface area contributed by atoms with Crippen molar-refractivity contribution in [3.05, 3.63) is 29.3 Å². The molecule has 0 amide bonds. The molecule has 0 heterocycles. The second kappa shape index (κ2) is 4.69. The second-order valence-electron chi connectivity index (χ2n) is 3.17. The number of halogens is 3. The molecule has 1 rings (SSSR count). The van der Waals surface area contributed by atoms with E-state index in [0.29, 0.717) is 11.3 Å². The van der Waals surface area contributed by atoms with Crippen LogP contribution >= 0.6 is 12.2 Å². The molecule has 0 aliphatic heterocycles. The van der Waals surface area contributed by atoms with Crippen molar-refractivity contribution < 1.29 is 17.9 Å². The lowest BCUT2D eigenvalue weighted by atomic mass is 10.1. The zero-order chi connectivity index (χ0) is 12.3. The van der Waals surface area contributed by atoms with Crippen molar-refractivity contribution in [3.63, 3.8) is 0 Å². The van der Waals surface area contributed by atoms with Crippen LogP contribution in [0.15, 0.2) is 18.2 Å². The molecule has 16 heavy (non-hydrogen) atoms. The fourth-order valence-electron chi connectivity index (χ4n) is 1.28. The van der Waals surface area contributed by atoms with Crippen molar-refractivity contribution in [1.82, 2.24) is 0 Å². The van der Waals surface area contributed by atoms with Gasteiger partial charge in [-0.05, 0) is 18.2 Å². The summed E-state index contributed by atoms with van der Waals surface area (Å²) in [4.78, 5) is 0.123. The van der Waals surface area contributed by atoms with Crippen molar-refractivity contribution in [2.45, 2.75) is 12.6 Å². The monoisotopic (exact) mass is 249 g/mol. The number of alkyl halides is 3. The van der Waals surface area contributed by atoms with Crippen molar-refractivity contribution >= 4 is 17.2 Å². The van der Waals surface area contributed by atoms with Gasteiger partial charge in [0.25, 0.3) is 0 Å². The van der Waals surface area contributed by atoms with Crippen molar-refractivity contribution in [3.8, 4) is 5.75 Å². The Kier molecular flexibility index (Phi) is 3.74. The van der Waals surface area contributed by atoms with E-state index < -0.39 is 11.7 Å². The van der Waals surface area contributed by atoms with Crippen LogP contribution < -0.4 is 10.5 Å². The molecule has 88 valence electrons. The normalized spacial score (nSPS) is 11.2. The predicted octanol–water partition coefficient (Wildman–Crippen LogP) is 2.54. The lowest BCUT2D eigenvalue weighted by Gasteiger charge is -2.12. The third kappa shape index (κ3) is 3.10. The molecule has 0 saturated heterocycles. The van der Waals surface area contributed by atoms with Crippen molar-refractivity contribution in [2.24, 2.45) is 5.73 Å². The fourth-order valence-corrected chi connectivity index (χ4v) is 1.44. The molecule has 2 nitrogen and oxygen atoms in total. The molecule has 0 radical (unpaired) electrons. The van der Waals surface area contributed by atoms with E-state index in [4.69, 9.17) is 10.5 Å². The molecule has 0 aromatic heterocycles. The van der Waals surface area contributed by atoms with Crippen molar-refractivity contribution in [1.29, 1.82) is 0 Å². The Bertz CT molecular complexity index is 404. The average Bonchev–Trinajstić information content (AvgIpc) is 2.15. The molecule has 0 saturated carbocycles. The number of methoxy groups -OCH3 is 1. The first-order valence-corrected chi connectivity index (χ1v) is 4.78. The smallest absolute Gasteiger partial charge is 0.416 e. The Balaban J connectivity index is 3.16. The number of hydrogen-bond donors (Lipinski definition) is 1. The highest BCUT2D eigenvalue weighted by Gasteiger charge is 2.31. The minimum atomic E-state index is -4.38. The zero-order valence-corrected chi connectivity index (χ0v) is 9.28. The Labute approximate surface area is 96.2 Å². The summed E-state index contributed by atoms with van der Waals surface area (Å²) >= 11 is 4.66. The van der Waals surface area contributed by atoms with Gasteiger partial charge >= 0.3 is 6.18 Å². The first-order valence-electron chi connectivity index (χ1n) is 4.37. The van der Waals surface area contributed by atoms with Crippen LogP contribution in [-0.2, 0) is 12.6 Å². The summed E-state index contributed by atoms with van der Waals surface area (Å²) < 4.78 is 42.2. The Hall–Kier alpha value is -1.30. The van der Waals surface area contributed by atoms with E-state index in [0.717, 1.165) is 12.1 Å². The fraction of sp³-hybridized carbons (Fsp3) is 0.300. The third-order valence-corrected chi connectivity index (χ3v) is 2.12. The molecular weight excluding hydrogens is 239 g/mol. The Morgan fingerprint density at radius 3 is 2.50 bits per heavy atom. The Morgan fingerprint density at radius 1 is 1.44 bits per heavy atom. The van der Waals surface area contributed by atoms with Crippen LogP contribution in [-0.4, -0.2) is 12.1 Å². The van der Waals surface area contributed by atoms with Crippen molar-refractivity contribution in [2.75, 3.05) is 7.11 Å². The lowest BCUT2D eigenvalue weighted by molar-refractivity contribution is -0.137. The summed E-state index contributed by atoms with van der Waals surface area (Å²) in [6.07, 6.45) is -4.29. The van der Waals surface area contributed by atoms with Gasteiger partial charge in [-0.25, -0.2) is 0 Å². The van der Waals surface area contributed by atoms with Crippen LogP contribution in [0.4, 0.5) is 13.2 Å². The molecule has 0 spiro atoms. The molecule has 1 aromatic carbocycles. The van der Waals surface area contributed by atoms with E-state index in [9.17, 15) is 13.2 Å². The van der Waals surface area contributed by atoms with E-state index in [2.05, 4.69) is 12.2 Å². The highest BCUT2D eigenvalue weighted by atomic mass is 32.1. The zero-order valence-electron chi connectivity index (χ0n) is 8.47. The molecule has 2 N–H and O–H groups in total. The first-order chi connectivity index (χ1) is 7.34. The van der Waals surface area contributed by atoms with Gasteiger partial charge in [-0.15, -0.1) is 0 Å². The first kappa shape index (κ1) is 12.8. The summed E-state index contributed by atoms with van der Waals surface area (Å²) in [6.45, 7) is 0. The highest BCUT2D eigenvalue weighted by Crippen LogP contribution is 2.32. The molecule has 0 atom stereocenters. The van der Waals surface area contributed by atoms with Crippen LogP contribution in [0.1, 0.15) is 11.1 Å². The number of thiocarbonyl (C=S) groups is 1. The molecule has 0 aliphatic carbocycles. The van der Waals surface area contributed by atoms with Gasteiger partial charge in [-0.3, -0.25) is 0 Å². The van der Waals surface area contributed by atoms with E-state index in [1.807, 2.05) is 0 Å². The Morgan fingerprint density at radius 2 is 2.06 bits per heavy atom. The predicted molar refractivity (Wildman–Crippen MR) is 58.5 cm³/mol. The molecule has 0 fully saturated rings. The maximum absolute atomic E-state index is 12.4. The highest BCUT2D eigenvalue weighted by molar-refractivity contribution is 7.80. The van der Waals surface area contributed by atoms with Crippen LogP contribution in [0, 0.1) is 0 Å². The maximum atomic E-state index is 12.4. The number of rotatable bonds is 3. The van der Waals surface area contributed by atoms with Crippen LogP contribution in [0.2, 0.25) is 0 Å². The summed E-state index contributed by atoms with van der Waals surface area (Å²) in [5.74, 6) is 0.348. The number of benzene rings is 1. The van der Waals surface area contributed by atoms with Gasteiger partial charge in [0.1, 0.15) is 5.75 Å². The number of ether oxygens (including phenoxy) is 1. The van der Waals surface area contributed by atoms with Gasteiger partial charge in [0.05, 0.1) is 17.7 Å².